The lowest BCUT2D eigenvalue weighted by Crippen LogP contribution is -2.44. The van der Waals surface area contributed by atoms with Crippen LogP contribution in [0.5, 0.6) is 0 Å². The molecule has 1 amide bonds. The van der Waals surface area contributed by atoms with Crippen molar-refractivity contribution in [3.05, 3.63) is 18.2 Å². The number of piperidine rings is 1. The van der Waals surface area contributed by atoms with Crippen LogP contribution in [0, 0.1) is 0 Å². The van der Waals surface area contributed by atoms with Gasteiger partial charge in [0.15, 0.2) is 0 Å². The van der Waals surface area contributed by atoms with Crippen molar-refractivity contribution in [3.63, 3.8) is 0 Å². The van der Waals surface area contributed by atoms with E-state index >= 15 is 0 Å². The largest absolute Gasteiger partial charge is 0.450 e. The van der Waals surface area contributed by atoms with Crippen molar-refractivity contribution in [1.82, 2.24) is 20.2 Å². The number of carbonyl (C=O) groups is 1. The van der Waals surface area contributed by atoms with Crippen molar-refractivity contribution in [2.45, 2.75) is 32.4 Å². The fourth-order valence-electron chi connectivity index (χ4n) is 2.12. The van der Waals surface area contributed by atoms with E-state index in [2.05, 4.69) is 15.3 Å². The van der Waals surface area contributed by atoms with Crippen molar-refractivity contribution >= 4 is 6.09 Å². The van der Waals surface area contributed by atoms with Crippen molar-refractivity contribution in [3.8, 4) is 0 Å². The van der Waals surface area contributed by atoms with Crippen LogP contribution in [0.25, 0.3) is 0 Å². The first-order valence-electron chi connectivity index (χ1n) is 6.42. The van der Waals surface area contributed by atoms with E-state index in [4.69, 9.17) is 4.74 Å². The average molecular weight is 252 g/mol. The molecule has 0 unspecified atom stereocenters. The predicted molar refractivity (Wildman–Crippen MR) is 67.0 cm³/mol. The SMILES string of the molecule is CCOC(=O)N1CCC(NCc2cnc[nH]2)CC1. The van der Waals surface area contributed by atoms with Crippen LogP contribution in [0.3, 0.4) is 0 Å². The molecule has 0 saturated carbocycles. The third-order valence-corrected chi connectivity index (χ3v) is 3.16. The maximum absolute atomic E-state index is 11.5. The van der Waals surface area contributed by atoms with Crippen molar-refractivity contribution in [1.29, 1.82) is 0 Å². The monoisotopic (exact) mass is 252 g/mol. The number of amides is 1. The Morgan fingerprint density at radius 2 is 2.39 bits per heavy atom. The van der Waals surface area contributed by atoms with Gasteiger partial charge in [-0.3, -0.25) is 0 Å². The van der Waals surface area contributed by atoms with E-state index in [9.17, 15) is 4.79 Å². The Bertz CT molecular complexity index is 358. The molecule has 0 atom stereocenters. The Hall–Kier alpha value is -1.56. The van der Waals surface area contributed by atoms with E-state index in [-0.39, 0.29) is 6.09 Å². The molecule has 1 aromatic heterocycles. The molecule has 1 aliphatic heterocycles. The summed E-state index contributed by atoms with van der Waals surface area (Å²) in [6.07, 6.45) is 5.24. The molecule has 1 aliphatic rings. The van der Waals surface area contributed by atoms with E-state index < -0.39 is 0 Å². The Labute approximate surface area is 107 Å². The van der Waals surface area contributed by atoms with Gasteiger partial charge in [-0.25, -0.2) is 9.78 Å². The molecule has 1 fully saturated rings. The lowest BCUT2D eigenvalue weighted by Gasteiger charge is -2.31. The van der Waals surface area contributed by atoms with Gasteiger partial charge < -0.3 is 19.9 Å². The van der Waals surface area contributed by atoms with Crippen molar-refractivity contribution in [2.24, 2.45) is 0 Å². The summed E-state index contributed by atoms with van der Waals surface area (Å²) in [6, 6.07) is 0.457. The van der Waals surface area contributed by atoms with E-state index in [1.807, 2.05) is 13.1 Å². The number of imidazole rings is 1. The van der Waals surface area contributed by atoms with Crippen LogP contribution in [0.1, 0.15) is 25.5 Å². The topological polar surface area (TPSA) is 70.2 Å². The molecule has 2 N–H and O–H groups in total. The third kappa shape index (κ3) is 3.46. The highest BCUT2D eigenvalue weighted by Gasteiger charge is 2.23. The maximum Gasteiger partial charge on any atom is 0.409 e. The van der Waals surface area contributed by atoms with Gasteiger partial charge in [0.05, 0.1) is 12.9 Å². The van der Waals surface area contributed by atoms with Gasteiger partial charge in [0.25, 0.3) is 0 Å². The number of ether oxygens (including phenoxy) is 1. The molecular weight excluding hydrogens is 232 g/mol. The smallest absolute Gasteiger partial charge is 0.409 e. The first kappa shape index (κ1) is 12.9. The number of carbonyl (C=O) groups excluding carboxylic acids is 1. The van der Waals surface area contributed by atoms with Crippen LogP contribution in [0.2, 0.25) is 0 Å². The minimum atomic E-state index is -0.190. The van der Waals surface area contributed by atoms with E-state index in [0.717, 1.165) is 38.2 Å². The highest BCUT2D eigenvalue weighted by atomic mass is 16.6. The van der Waals surface area contributed by atoms with Crippen LogP contribution in [-0.2, 0) is 11.3 Å². The number of rotatable bonds is 4. The number of aromatic nitrogens is 2. The summed E-state index contributed by atoms with van der Waals surface area (Å²) in [6.45, 7) is 4.59. The highest BCUT2D eigenvalue weighted by Crippen LogP contribution is 2.11. The highest BCUT2D eigenvalue weighted by molar-refractivity contribution is 5.67. The molecule has 100 valence electrons. The van der Waals surface area contributed by atoms with Crippen molar-refractivity contribution < 1.29 is 9.53 Å². The number of likely N-dealkylation sites (tertiary alicyclic amines) is 1. The number of hydrogen-bond acceptors (Lipinski definition) is 4. The average Bonchev–Trinajstić information content (AvgIpc) is 2.90. The van der Waals surface area contributed by atoms with E-state index in [0.29, 0.717) is 12.6 Å². The summed E-state index contributed by atoms with van der Waals surface area (Å²) >= 11 is 0. The van der Waals surface area contributed by atoms with Gasteiger partial charge in [-0.15, -0.1) is 0 Å². The van der Waals surface area contributed by atoms with E-state index in [1.165, 1.54) is 0 Å². The summed E-state index contributed by atoms with van der Waals surface area (Å²) in [5, 5.41) is 3.47. The second-order valence-corrected chi connectivity index (χ2v) is 4.42. The number of H-pyrrole nitrogens is 1. The summed E-state index contributed by atoms with van der Waals surface area (Å²) in [5.74, 6) is 0. The number of nitrogens with one attached hydrogen (secondary N) is 2. The Kier molecular flexibility index (Phi) is 4.58. The molecule has 6 nitrogen and oxygen atoms in total. The molecule has 1 aromatic rings. The molecule has 2 rings (SSSR count). The maximum atomic E-state index is 11.5. The number of nitrogens with zero attached hydrogens (tertiary/aromatic N) is 2. The number of aromatic amines is 1. The number of hydrogen-bond donors (Lipinski definition) is 2. The van der Waals surface area contributed by atoms with Gasteiger partial charge in [0, 0.05) is 37.6 Å². The van der Waals surface area contributed by atoms with Crippen LogP contribution in [0.15, 0.2) is 12.5 Å². The zero-order valence-corrected chi connectivity index (χ0v) is 10.7. The summed E-state index contributed by atoms with van der Waals surface area (Å²) < 4.78 is 4.99. The summed E-state index contributed by atoms with van der Waals surface area (Å²) in [5.41, 5.74) is 1.09. The molecule has 0 aliphatic carbocycles. The third-order valence-electron chi connectivity index (χ3n) is 3.16. The molecule has 18 heavy (non-hydrogen) atoms. The fourth-order valence-corrected chi connectivity index (χ4v) is 2.12. The van der Waals surface area contributed by atoms with Gasteiger partial charge in [0.1, 0.15) is 0 Å². The Morgan fingerprint density at radius 1 is 1.61 bits per heavy atom. The van der Waals surface area contributed by atoms with Crippen molar-refractivity contribution in [2.75, 3.05) is 19.7 Å². The predicted octanol–water partition coefficient (Wildman–Crippen LogP) is 1.12. The van der Waals surface area contributed by atoms with Gasteiger partial charge in [-0.05, 0) is 19.8 Å². The Balaban J connectivity index is 1.68. The van der Waals surface area contributed by atoms with Gasteiger partial charge >= 0.3 is 6.09 Å². The minimum Gasteiger partial charge on any atom is -0.450 e. The second kappa shape index (κ2) is 6.39. The summed E-state index contributed by atoms with van der Waals surface area (Å²) in [4.78, 5) is 20.3. The molecular formula is C12H20N4O2. The molecule has 2 heterocycles. The molecule has 0 aromatic carbocycles. The second-order valence-electron chi connectivity index (χ2n) is 4.42. The quantitative estimate of drug-likeness (QED) is 0.842. The standard InChI is InChI=1S/C12H20N4O2/c1-2-18-12(17)16-5-3-10(4-6-16)14-8-11-7-13-9-15-11/h7,9-10,14H,2-6,8H2,1H3,(H,13,15). The zero-order valence-electron chi connectivity index (χ0n) is 10.7. The van der Waals surface area contributed by atoms with Crippen LogP contribution in [0.4, 0.5) is 4.79 Å². The molecule has 1 saturated heterocycles. The van der Waals surface area contributed by atoms with Crippen LogP contribution in [-0.4, -0.2) is 46.7 Å². The van der Waals surface area contributed by atoms with Gasteiger partial charge in [0.2, 0.25) is 0 Å². The van der Waals surface area contributed by atoms with E-state index in [1.54, 1.807) is 11.2 Å². The fraction of sp³-hybridized carbons (Fsp3) is 0.667. The summed E-state index contributed by atoms with van der Waals surface area (Å²) in [7, 11) is 0. The van der Waals surface area contributed by atoms with Crippen LogP contribution >= 0.6 is 0 Å². The molecule has 0 spiro atoms. The Morgan fingerprint density at radius 3 is 3.00 bits per heavy atom. The lowest BCUT2D eigenvalue weighted by molar-refractivity contribution is 0.0950. The molecule has 0 bridgehead atoms. The van der Waals surface area contributed by atoms with Crippen LogP contribution < -0.4 is 5.32 Å². The lowest BCUT2D eigenvalue weighted by atomic mass is 10.1. The minimum absolute atomic E-state index is 0.190. The molecule has 0 radical (unpaired) electrons. The first-order chi connectivity index (χ1) is 8.79. The molecule has 6 heteroatoms. The normalized spacial score (nSPS) is 16.8. The van der Waals surface area contributed by atoms with Gasteiger partial charge in [-0.1, -0.05) is 0 Å². The first-order valence-corrected chi connectivity index (χ1v) is 6.42. The van der Waals surface area contributed by atoms with Gasteiger partial charge in [-0.2, -0.15) is 0 Å². The zero-order chi connectivity index (χ0) is 12.8.